The van der Waals surface area contributed by atoms with Gasteiger partial charge in [-0.25, -0.2) is 0 Å². The third kappa shape index (κ3) is 3.16. The fourth-order valence-electron chi connectivity index (χ4n) is 2.34. The summed E-state index contributed by atoms with van der Waals surface area (Å²) in [6.45, 7) is 1.76. The van der Waals surface area contributed by atoms with E-state index >= 15 is 0 Å². The maximum Gasteiger partial charge on any atom is 0.282 e. The van der Waals surface area contributed by atoms with Crippen molar-refractivity contribution in [1.82, 2.24) is 8.61 Å². The van der Waals surface area contributed by atoms with Gasteiger partial charge in [0.15, 0.2) is 5.84 Å². The van der Waals surface area contributed by atoms with Gasteiger partial charge in [0, 0.05) is 26.2 Å². The molecule has 3 N–H and O–H groups in total. The summed E-state index contributed by atoms with van der Waals surface area (Å²) < 4.78 is 33.1. The Hall–Kier alpha value is -0.900. The molecule has 0 spiro atoms. The summed E-state index contributed by atoms with van der Waals surface area (Å²) in [5.74, 6) is -0.0986. The zero-order valence-electron chi connectivity index (χ0n) is 10.7. The summed E-state index contributed by atoms with van der Waals surface area (Å²) in [7, 11) is -3.47. The number of oxime groups is 1. The third-order valence-electron chi connectivity index (χ3n) is 3.44. The van der Waals surface area contributed by atoms with Gasteiger partial charge < -0.3 is 15.7 Å². The van der Waals surface area contributed by atoms with Crippen molar-refractivity contribution in [3.05, 3.63) is 0 Å². The van der Waals surface area contributed by atoms with Gasteiger partial charge in [0.1, 0.15) is 6.10 Å². The molecule has 19 heavy (non-hydrogen) atoms. The number of ether oxygens (including phenoxy) is 1. The van der Waals surface area contributed by atoms with Crippen molar-refractivity contribution >= 4 is 16.0 Å². The molecule has 0 aromatic rings. The zero-order valence-corrected chi connectivity index (χ0v) is 11.5. The highest BCUT2D eigenvalue weighted by molar-refractivity contribution is 7.86. The first-order valence-corrected chi connectivity index (χ1v) is 7.79. The van der Waals surface area contributed by atoms with Crippen LogP contribution in [-0.4, -0.2) is 67.0 Å². The first-order chi connectivity index (χ1) is 9.05. The van der Waals surface area contributed by atoms with Crippen LogP contribution >= 0.6 is 0 Å². The minimum Gasteiger partial charge on any atom is -0.409 e. The van der Waals surface area contributed by atoms with E-state index in [2.05, 4.69) is 5.16 Å². The molecule has 2 saturated heterocycles. The van der Waals surface area contributed by atoms with Crippen LogP contribution in [0.1, 0.15) is 19.3 Å². The summed E-state index contributed by atoms with van der Waals surface area (Å²) in [6, 6.07) is 0. The van der Waals surface area contributed by atoms with Crippen molar-refractivity contribution in [3.63, 3.8) is 0 Å². The zero-order chi connectivity index (χ0) is 13.9. The lowest BCUT2D eigenvalue weighted by atomic mass is 10.2. The molecule has 0 saturated carbocycles. The van der Waals surface area contributed by atoms with Crippen LogP contribution in [0.3, 0.4) is 0 Å². The van der Waals surface area contributed by atoms with E-state index in [1.165, 1.54) is 8.61 Å². The van der Waals surface area contributed by atoms with E-state index in [1.807, 2.05) is 0 Å². The number of morpholine rings is 1. The molecule has 1 unspecified atom stereocenters. The minimum atomic E-state index is -3.47. The average molecular weight is 292 g/mol. The normalized spacial score (nSPS) is 28.4. The second-order valence-corrected chi connectivity index (χ2v) is 6.64. The van der Waals surface area contributed by atoms with Crippen LogP contribution in [0.4, 0.5) is 0 Å². The number of nitrogens with two attached hydrogens (primary N) is 1. The van der Waals surface area contributed by atoms with E-state index in [0.29, 0.717) is 19.6 Å². The molecule has 110 valence electrons. The Morgan fingerprint density at radius 1 is 1.21 bits per heavy atom. The monoisotopic (exact) mass is 292 g/mol. The Kier molecular flexibility index (Phi) is 4.61. The lowest BCUT2D eigenvalue weighted by Gasteiger charge is -2.36. The van der Waals surface area contributed by atoms with Crippen LogP contribution in [0.25, 0.3) is 0 Å². The summed E-state index contributed by atoms with van der Waals surface area (Å²) in [5, 5.41) is 11.5. The molecule has 9 heteroatoms. The maximum absolute atomic E-state index is 12.5. The van der Waals surface area contributed by atoms with E-state index in [0.717, 1.165) is 19.3 Å². The van der Waals surface area contributed by atoms with E-state index in [-0.39, 0.29) is 19.0 Å². The number of piperidine rings is 1. The van der Waals surface area contributed by atoms with Crippen LogP contribution in [0.5, 0.6) is 0 Å². The van der Waals surface area contributed by atoms with Crippen molar-refractivity contribution in [3.8, 4) is 0 Å². The SMILES string of the molecule is NC(=NO)C1CN(S(=O)(=O)N2CCCCC2)CCO1. The first-order valence-electron chi connectivity index (χ1n) is 6.40. The van der Waals surface area contributed by atoms with Crippen LogP contribution < -0.4 is 5.73 Å². The van der Waals surface area contributed by atoms with Crippen LogP contribution in [0, 0.1) is 0 Å². The van der Waals surface area contributed by atoms with Crippen LogP contribution in [0.2, 0.25) is 0 Å². The second-order valence-electron chi connectivity index (χ2n) is 4.71. The topological polar surface area (TPSA) is 108 Å². The van der Waals surface area contributed by atoms with Gasteiger partial charge in [0.05, 0.1) is 6.61 Å². The molecule has 0 aliphatic carbocycles. The second kappa shape index (κ2) is 6.04. The molecular weight excluding hydrogens is 272 g/mol. The number of nitrogens with zero attached hydrogens (tertiary/aromatic N) is 3. The Morgan fingerprint density at radius 3 is 2.53 bits per heavy atom. The lowest BCUT2D eigenvalue weighted by molar-refractivity contribution is 0.0330. The summed E-state index contributed by atoms with van der Waals surface area (Å²) in [6.07, 6.45) is 2.18. The van der Waals surface area contributed by atoms with E-state index in [9.17, 15) is 8.42 Å². The van der Waals surface area contributed by atoms with Gasteiger partial charge in [-0.15, -0.1) is 0 Å². The number of hydrogen-bond acceptors (Lipinski definition) is 5. The number of rotatable bonds is 3. The highest BCUT2D eigenvalue weighted by Crippen LogP contribution is 2.18. The van der Waals surface area contributed by atoms with E-state index in [1.54, 1.807) is 0 Å². The largest absolute Gasteiger partial charge is 0.409 e. The van der Waals surface area contributed by atoms with Crippen molar-refractivity contribution in [1.29, 1.82) is 0 Å². The Bertz CT molecular complexity index is 433. The molecule has 1 atom stereocenters. The smallest absolute Gasteiger partial charge is 0.282 e. The lowest BCUT2D eigenvalue weighted by Crippen LogP contribution is -2.54. The van der Waals surface area contributed by atoms with Gasteiger partial charge in [-0.05, 0) is 12.8 Å². The summed E-state index contributed by atoms with van der Waals surface area (Å²) >= 11 is 0. The number of amidine groups is 1. The predicted octanol–water partition coefficient (Wildman–Crippen LogP) is -0.836. The van der Waals surface area contributed by atoms with Crippen molar-refractivity contribution < 1.29 is 18.4 Å². The molecular formula is C10H20N4O4S. The maximum atomic E-state index is 12.5. The Labute approximate surface area is 113 Å². The summed E-state index contributed by atoms with van der Waals surface area (Å²) in [5.41, 5.74) is 5.47. The quantitative estimate of drug-likeness (QED) is 0.305. The molecule has 2 aliphatic heterocycles. The fourth-order valence-corrected chi connectivity index (χ4v) is 4.01. The first kappa shape index (κ1) is 14.5. The van der Waals surface area contributed by atoms with Crippen molar-refractivity contribution in [2.75, 3.05) is 32.8 Å². The standard InChI is InChI=1S/C10H20N4O4S/c11-10(12-15)9-8-14(6-7-18-9)19(16,17)13-4-2-1-3-5-13/h9,15H,1-8H2,(H2,11,12). The third-order valence-corrected chi connectivity index (χ3v) is 5.44. The van der Waals surface area contributed by atoms with E-state index < -0.39 is 16.3 Å². The molecule has 0 amide bonds. The van der Waals surface area contributed by atoms with Crippen molar-refractivity contribution in [2.24, 2.45) is 10.9 Å². The molecule has 0 aromatic heterocycles. The van der Waals surface area contributed by atoms with E-state index in [4.69, 9.17) is 15.7 Å². The van der Waals surface area contributed by atoms with Gasteiger partial charge in [-0.2, -0.15) is 17.0 Å². The van der Waals surface area contributed by atoms with Gasteiger partial charge in [0.2, 0.25) is 0 Å². The molecule has 2 heterocycles. The van der Waals surface area contributed by atoms with Gasteiger partial charge in [-0.1, -0.05) is 11.6 Å². The van der Waals surface area contributed by atoms with Gasteiger partial charge in [0.25, 0.3) is 10.2 Å². The van der Waals surface area contributed by atoms with Gasteiger partial charge in [-0.3, -0.25) is 0 Å². The predicted molar refractivity (Wildman–Crippen MR) is 69.1 cm³/mol. The molecule has 0 radical (unpaired) electrons. The highest BCUT2D eigenvalue weighted by atomic mass is 32.2. The average Bonchev–Trinajstić information content (AvgIpc) is 2.47. The summed E-state index contributed by atoms with van der Waals surface area (Å²) in [4.78, 5) is 0. The molecule has 0 aromatic carbocycles. The fraction of sp³-hybridized carbons (Fsp3) is 0.900. The minimum absolute atomic E-state index is 0.0920. The van der Waals surface area contributed by atoms with Crippen LogP contribution in [0.15, 0.2) is 5.16 Å². The Balaban J connectivity index is 2.07. The Morgan fingerprint density at radius 2 is 1.89 bits per heavy atom. The van der Waals surface area contributed by atoms with Gasteiger partial charge >= 0.3 is 0 Å². The molecule has 0 bridgehead atoms. The molecule has 2 fully saturated rings. The molecule has 2 aliphatic rings. The number of hydrogen-bond donors (Lipinski definition) is 2. The highest BCUT2D eigenvalue weighted by Gasteiger charge is 2.35. The molecule has 2 rings (SSSR count). The van der Waals surface area contributed by atoms with Crippen molar-refractivity contribution in [2.45, 2.75) is 25.4 Å². The van der Waals surface area contributed by atoms with Crippen LogP contribution in [-0.2, 0) is 14.9 Å². The molecule has 8 nitrogen and oxygen atoms in total.